The van der Waals surface area contributed by atoms with Crippen LogP contribution in [0.1, 0.15) is 18.0 Å². The van der Waals surface area contributed by atoms with Crippen molar-refractivity contribution in [2.75, 3.05) is 18.2 Å². The number of nitrogens with two attached hydrogens (primary N) is 1. The largest absolute Gasteiger partial charge is 0.493 e. The number of ether oxygens (including phenoxy) is 1. The molecule has 1 unspecified atom stereocenters. The normalized spacial score (nSPS) is 15.4. The van der Waals surface area contributed by atoms with E-state index >= 15 is 0 Å². The Balaban J connectivity index is 1.41. The van der Waals surface area contributed by atoms with Crippen LogP contribution < -0.4 is 15.9 Å². The molecule has 0 radical (unpaired) electrons. The van der Waals surface area contributed by atoms with Gasteiger partial charge in [0.15, 0.2) is 5.82 Å². The van der Waals surface area contributed by atoms with Gasteiger partial charge in [-0.25, -0.2) is 4.68 Å². The Morgan fingerprint density at radius 2 is 2.10 bits per heavy atom. The van der Waals surface area contributed by atoms with Gasteiger partial charge in [0.25, 0.3) is 0 Å². The summed E-state index contributed by atoms with van der Waals surface area (Å²) >= 11 is 13.4. The van der Waals surface area contributed by atoms with Crippen LogP contribution in [0, 0.1) is 0 Å². The lowest BCUT2D eigenvalue weighted by Crippen LogP contribution is -2.33. The van der Waals surface area contributed by atoms with E-state index in [1.165, 1.54) is 16.4 Å². The summed E-state index contributed by atoms with van der Waals surface area (Å²) in [7, 11) is 0. The van der Waals surface area contributed by atoms with Crippen molar-refractivity contribution < 1.29 is 9.53 Å². The van der Waals surface area contributed by atoms with Crippen molar-refractivity contribution in [1.82, 2.24) is 20.2 Å². The first kappa shape index (κ1) is 19.9. The highest BCUT2D eigenvalue weighted by Crippen LogP contribution is 2.32. The summed E-state index contributed by atoms with van der Waals surface area (Å²) in [5.41, 5.74) is 1.60. The fourth-order valence-corrected chi connectivity index (χ4v) is 4.25. The lowest BCUT2D eigenvalue weighted by molar-refractivity contribution is -0.119. The fraction of sp³-hybridized carbons (Fsp3) is 0.211. The van der Waals surface area contributed by atoms with E-state index in [4.69, 9.17) is 33.8 Å². The lowest BCUT2D eigenvalue weighted by Gasteiger charge is -2.26. The van der Waals surface area contributed by atoms with Crippen molar-refractivity contribution in [1.29, 1.82) is 0 Å². The van der Waals surface area contributed by atoms with Gasteiger partial charge in [0.05, 0.1) is 23.4 Å². The third-order valence-electron chi connectivity index (χ3n) is 4.46. The highest BCUT2D eigenvalue weighted by Gasteiger charge is 2.23. The molecule has 0 saturated carbocycles. The number of nitrogens with zero attached hydrogens (tertiary/aromatic N) is 3. The highest BCUT2D eigenvalue weighted by atomic mass is 35.5. The molecule has 7 nitrogen and oxygen atoms in total. The van der Waals surface area contributed by atoms with Crippen molar-refractivity contribution in [2.24, 2.45) is 0 Å². The maximum Gasteiger partial charge on any atom is 0.230 e. The zero-order valence-electron chi connectivity index (χ0n) is 15.1. The molecule has 0 spiro atoms. The minimum absolute atomic E-state index is 0.0766. The number of carbonyl (C=O) groups excluding carboxylic acids is 1. The van der Waals surface area contributed by atoms with Gasteiger partial charge in [-0.3, -0.25) is 4.79 Å². The van der Waals surface area contributed by atoms with E-state index in [0.717, 1.165) is 17.7 Å². The maximum atomic E-state index is 12.5. The number of fused-ring (bicyclic) bond motifs is 1. The van der Waals surface area contributed by atoms with Crippen LogP contribution in [-0.4, -0.2) is 33.1 Å². The molecule has 1 amide bonds. The second kappa shape index (κ2) is 8.52. The van der Waals surface area contributed by atoms with Crippen LogP contribution in [0.2, 0.25) is 10.0 Å². The molecule has 3 aromatic rings. The Labute approximate surface area is 181 Å². The van der Waals surface area contributed by atoms with Gasteiger partial charge in [-0.2, -0.15) is 0 Å². The van der Waals surface area contributed by atoms with E-state index in [-0.39, 0.29) is 17.7 Å². The molecule has 150 valence electrons. The number of aromatic nitrogens is 3. The van der Waals surface area contributed by atoms with Gasteiger partial charge in [-0.1, -0.05) is 53.2 Å². The Hall–Kier alpha value is -2.42. The van der Waals surface area contributed by atoms with Crippen LogP contribution in [0.5, 0.6) is 5.75 Å². The number of rotatable bonds is 5. The number of para-hydroxylation sites is 1. The molecule has 0 fully saturated rings. The van der Waals surface area contributed by atoms with E-state index < -0.39 is 0 Å². The van der Waals surface area contributed by atoms with E-state index in [9.17, 15) is 4.79 Å². The Bertz CT molecular complexity index is 1060. The van der Waals surface area contributed by atoms with Crippen molar-refractivity contribution in [3.05, 3.63) is 58.1 Å². The first-order chi connectivity index (χ1) is 14.0. The van der Waals surface area contributed by atoms with Crippen molar-refractivity contribution in [3.63, 3.8) is 0 Å². The van der Waals surface area contributed by atoms with Crippen LogP contribution >= 0.6 is 35.0 Å². The van der Waals surface area contributed by atoms with E-state index in [2.05, 4.69) is 15.5 Å². The fourth-order valence-electron chi connectivity index (χ4n) is 3.09. The molecule has 0 aliphatic carbocycles. The summed E-state index contributed by atoms with van der Waals surface area (Å²) < 4.78 is 6.94. The van der Waals surface area contributed by atoms with E-state index in [1.807, 2.05) is 24.3 Å². The van der Waals surface area contributed by atoms with E-state index in [0.29, 0.717) is 33.2 Å². The van der Waals surface area contributed by atoms with Crippen LogP contribution in [0.3, 0.4) is 0 Å². The molecule has 0 saturated heterocycles. The summed E-state index contributed by atoms with van der Waals surface area (Å²) in [6.45, 7) is 0.567. The molecular weight excluding hydrogens is 433 g/mol. The van der Waals surface area contributed by atoms with Crippen LogP contribution in [0.25, 0.3) is 11.4 Å². The average molecular weight is 450 g/mol. The number of nitrogens with one attached hydrogen (secondary N) is 1. The molecule has 3 N–H and O–H groups in total. The third kappa shape index (κ3) is 4.29. The average Bonchev–Trinajstić information content (AvgIpc) is 3.07. The lowest BCUT2D eigenvalue weighted by atomic mass is 10.0. The number of thioether (sulfide) groups is 1. The summed E-state index contributed by atoms with van der Waals surface area (Å²) in [6, 6.07) is 12.7. The van der Waals surface area contributed by atoms with Crippen LogP contribution in [0.4, 0.5) is 0 Å². The summed E-state index contributed by atoms with van der Waals surface area (Å²) in [4.78, 5) is 12.5. The van der Waals surface area contributed by atoms with Crippen molar-refractivity contribution >= 4 is 40.9 Å². The summed E-state index contributed by atoms with van der Waals surface area (Å²) in [6.07, 6.45) is 0.722. The molecule has 4 rings (SSSR count). The SMILES string of the molecule is Nn1c(SCC(=O)NC2CCOc3ccccc32)nnc1-c1ccc(Cl)cc1Cl. The molecule has 2 heterocycles. The van der Waals surface area contributed by atoms with Crippen LogP contribution in [-0.2, 0) is 4.79 Å². The number of carbonyl (C=O) groups is 1. The molecule has 2 aromatic carbocycles. The first-order valence-electron chi connectivity index (χ1n) is 8.82. The molecule has 1 aromatic heterocycles. The molecule has 29 heavy (non-hydrogen) atoms. The van der Waals surface area contributed by atoms with Crippen molar-refractivity contribution in [2.45, 2.75) is 17.6 Å². The van der Waals surface area contributed by atoms with Gasteiger partial charge in [-0.05, 0) is 24.3 Å². The minimum atomic E-state index is -0.120. The van der Waals surface area contributed by atoms with Gasteiger partial charge in [0.1, 0.15) is 5.75 Å². The molecule has 1 aliphatic rings. The number of hydrogen-bond acceptors (Lipinski definition) is 6. The van der Waals surface area contributed by atoms with Gasteiger partial charge < -0.3 is 15.9 Å². The smallest absolute Gasteiger partial charge is 0.230 e. The standard InChI is InChI=1S/C19H17Cl2N5O2S/c20-11-5-6-12(14(21)9-11)18-24-25-19(26(18)22)29-10-17(27)23-15-7-8-28-16-4-2-1-3-13(15)16/h1-6,9,15H,7-8,10,22H2,(H,23,27). The second-order valence-electron chi connectivity index (χ2n) is 6.38. The molecule has 1 aliphatic heterocycles. The number of halogens is 2. The summed E-state index contributed by atoms with van der Waals surface area (Å²) in [5, 5.41) is 12.6. The second-order valence-corrected chi connectivity index (χ2v) is 8.17. The molecular formula is C19H17Cl2N5O2S. The van der Waals surface area contributed by atoms with Gasteiger partial charge in [0, 0.05) is 22.6 Å². The zero-order valence-corrected chi connectivity index (χ0v) is 17.5. The Morgan fingerprint density at radius 1 is 1.28 bits per heavy atom. The zero-order chi connectivity index (χ0) is 20.4. The summed E-state index contributed by atoms with van der Waals surface area (Å²) in [5.74, 6) is 7.35. The predicted octanol–water partition coefficient (Wildman–Crippen LogP) is 3.70. The monoisotopic (exact) mass is 449 g/mol. The Morgan fingerprint density at radius 3 is 2.93 bits per heavy atom. The number of benzene rings is 2. The highest BCUT2D eigenvalue weighted by molar-refractivity contribution is 7.99. The van der Waals surface area contributed by atoms with Gasteiger partial charge >= 0.3 is 0 Å². The topological polar surface area (TPSA) is 95.1 Å². The maximum absolute atomic E-state index is 12.5. The first-order valence-corrected chi connectivity index (χ1v) is 10.6. The third-order valence-corrected chi connectivity index (χ3v) is 5.95. The number of amides is 1. The van der Waals surface area contributed by atoms with Crippen LogP contribution in [0.15, 0.2) is 47.6 Å². The predicted molar refractivity (Wildman–Crippen MR) is 114 cm³/mol. The van der Waals surface area contributed by atoms with Gasteiger partial charge in [-0.15, -0.1) is 10.2 Å². The number of hydrogen-bond donors (Lipinski definition) is 2. The van der Waals surface area contributed by atoms with E-state index in [1.54, 1.807) is 18.2 Å². The van der Waals surface area contributed by atoms with Gasteiger partial charge in [0.2, 0.25) is 11.1 Å². The Kier molecular flexibility index (Phi) is 5.84. The molecule has 10 heteroatoms. The molecule has 1 atom stereocenters. The quantitative estimate of drug-likeness (QED) is 0.455. The number of nitrogen functional groups attached to an aromatic ring is 1. The minimum Gasteiger partial charge on any atom is -0.493 e. The van der Waals surface area contributed by atoms with Crippen molar-refractivity contribution in [3.8, 4) is 17.1 Å². The molecule has 0 bridgehead atoms.